The van der Waals surface area contributed by atoms with Crippen molar-refractivity contribution in [3.8, 4) is 0 Å². The third-order valence-corrected chi connectivity index (χ3v) is 3.75. The fourth-order valence-corrected chi connectivity index (χ4v) is 2.97. The van der Waals surface area contributed by atoms with E-state index in [9.17, 15) is 22.7 Å². The van der Waals surface area contributed by atoms with Crippen molar-refractivity contribution in [2.75, 3.05) is 10.6 Å². The van der Waals surface area contributed by atoms with Gasteiger partial charge in [-0.1, -0.05) is 13.3 Å². The maximum atomic E-state index is 12.9. The first-order chi connectivity index (χ1) is 8.77. The highest BCUT2D eigenvalue weighted by atomic mass is 32.2. The lowest BCUT2D eigenvalue weighted by Crippen LogP contribution is -2.44. The molecule has 7 heteroatoms. The summed E-state index contributed by atoms with van der Waals surface area (Å²) in [7, 11) is -3.77. The lowest BCUT2D eigenvalue weighted by Gasteiger charge is -2.28. The topological polar surface area (TPSA) is 74.7 Å². The summed E-state index contributed by atoms with van der Waals surface area (Å²) in [6.45, 7) is 1.76. The van der Waals surface area contributed by atoms with Crippen LogP contribution in [0.15, 0.2) is 24.3 Å². The second-order valence-electron chi connectivity index (χ2n) is 4.18. The van der Waals surface area contributed by atoms with E-state index in [1.54, 1.807) is 6.92 Å². The van der Waals surface area contributed by atoms with Gasteiger partial charge in [0.25, 0.3) is 0 Å². The molecule has 0 aliphatic rings. The molecule has 0 aliphatic carbocycles. The fourth-order valence-electron chi connectivity index (χ4n) is 1.81. The SMILES string of the molecule is CCCC(C(=O)O)N(c1ccc(F)cc1)S(C)(=O)=O. The Bertz CT molecular complexity index is 541. The molecule has 0 heterocycles. The maximum Gasteiger partial charge on any atom is 0.327 e. The Hall–Kier alpha value is -1.63. The van der Waals surface area contributed by atoms with Crippen molar-refractivity contribution >= 4 is 21.7 Å². The Morgan fingerprint density at radius 1 is 1.37 bits per heavy atom. The predicted molar refractivity (Wildman–Crippen MR) is 70.1 cm³/mol. The summed E-state index contributed by atoms with van der Waals surface area (Å²) < 4.78 is 37.3. The van der Waals surface area contributed by atoms with E-state index in [4.69, 9.17) is 0 Å². The largest absolute Gasteiger partial charge is 0.480 e. The summed E-state index contributed by atoms with van der Waals surface area (Å²) in [4.78, 5) is 11.2. The number of halogens is 1. The number of carbonyl (C=O) groups is 1. The van der Waals surface area contributed by atoms with Crippen molar-refractivity contribution < 1.29 is 22.7 Å². The molecule has 0 saturated carbocycles. The van der Waals surface area contributed by atoms with Gasteiger partial charge in [-0.05, 0) is 30.7 Å². The van der Waals surface area contributed by atoms with Gasteiger partial charge in [0.15, 0.2) is 0 Å². The number of aliphatic carboxylic acids is 1. The second-order valence-corrected chi connectivity index (χ2v) is 6.04. The summed E-state index contributed by atoms with van der Waals surface area (Å²) in [5.41, 5.74) is 0.143. The number of hydrogen-bond donors (Lipinski definition) is 1. The lowest BCUT2D eigenvalue weighted by molar-refractivity contribution is -0.138. The van der Waals surface area contributed by atoms with Crippen LogP contribution in [-0.4, -0.2) is 31.8 Å². The van der Waals surface area contributed by atoms with Crippen LogP contribution in [0, 0.1) is 5.82 Å². The summed E-state index contributed by atoms with van der Waals surface area (Å²) in [5.74, 6) is -1.74. The van der Waals surface area contributed by atoms with Crippen LogP contribution in [0.4, 0.5) is 10.1 Å². The molecule has 106 valence electrons. The van der Waals surface area contributed by atoms with Crippen LogP contribution in [0.5, 0.6) is 0 Å². The third kappa shape index (κ3) is 3.92. The van der Waals surface area contributed by atoms with E-state index in [0.29, 0.717) is 6.42 Å². The Morgan fingerprint density at radius 2 is 1.89 bits per heavy atom. The maximum absolute atomic E-state index is 12.9. The zero-order chi connectivity index (χ0) is 14.6. The first kappa shape index (κ1) is 15.4. The molecule has 0 saturated heterocycles. The number of anilines is 1. The second kappa shape index (κ2) is 6.01. The van der Waals surface area contributed by atoms with Crippen LogP contribution in [0.1, 0.15) is 19.8 Å². The van der Waals surface area contributed by atoms with Crippen molar-refractivity contribution in [3.05, 3.63) is 30.1 Å². The molecule has 19 heavy (non-hydrogen) atoms. The molecule has 0 amide bonds. The molecule has 0 spiro atoms. The minimum absolute atomic E-state index is 0.143. The molecule has 1 aromatic carbocycles. The highest BCUT2D eigenvalue weighted by molar-refractivity contribution is 7.92. The van der Waals surface area contributed by atoms with Crippen LogP contribution >= 0.6 is 0 Å². The van der Waals surface area contributed by atoms with Gasteiger partial charge in [0.1, 0.15) is 11.9 Å². The van der Waals surface area contributed by atoms with Crippen molar-refractivity contribution in [1.29, 1.82) is 0 Å². The molecular formula is C12H16FNO4S. The average molecular weight is 289 g/mol. The molecule has 0 radical (unpaired) electrons. The van der Waals surface area contributed by atoms with Crippen LogP contribution in [-0.2, 0) is 14.8 Å². The number of hydrogen-bond acceptors (Lipinski definition) is 3. The number of rotatable bonds is 6. The zero-order valence-electron chi connectivity index (χ0n) is 10.7. The van der Waals surface area contributed by atoms with Gasteiger partial charge < -0.3 is 5.11 Å². The van der Waals surface area contributed by atoms with E-state index in [0.717, 1.165) is 22.7 Å². The minimum Gasteiger partial charge on any atom is -0.480 e. The molecule has 5 nitrogen and oxygen atoms in total. The summed E-state index contributed by atoms with van der Waals surface area (Å²) in [5, 5.41) is 9.17. The molecule has 0 aromatic heterocycles. The standard InChI is InChI=1S/C12H16FNO4S/c1-3-4-11(12(15)16)14(19(2,17)18)10-7-5-9(13)6-8-10/h5-8,11H,3-4H2,1-2H3,(H,15,16). The van der Waals surface area contributed by atoms with Crippen LogP contribution in [0.25, 0.3) is 0 Å². The highest BCUT2D eigenvalue weighted by Crippen LogP contribution is 2.23. The first-order valence-electron chi connectivity index (χ1n) is 5.75. The third-order valence-electron chi connectivity index (χ3n) is 2.57. The summed E-state index contributed by atoms with van der Waals surface area (Å²) >= 11 is 0. The Morgan fingerprint density at radius 3 is 2.26 bits per heavy atom. The van der Waals surface area contributed by atoms with E-state index in [1.165, 1.54) is 12.1 Å². The molecule has 0 fully saturated rings. The number of nitrogens with zero attached hydrogens (tertiary/aromatic N) is 1. The number of benzene rings is 1. The molecule has 1 atom stereocenters. The summed E-state index contributed by atoms with van der Waals surface area (Å²) in [6.07, 6.45) is 1.63. The molecule has 1 N–H and O–H groups in total. The number of carboxylic acids is 1. The van der Waals surface area contributed by atoms with Gasteiger partial charge in [-0.25, -0.2) is 17.6 Å². The Balaban J connectivity index is 3.29. The Labute approximate surface area is 111 Å². The van der Waals surface area contributed by atoms with E-state index in [2.05, 4.69) is 0 Å². The lowest BCUT2D eigenvalue weighted by atomic mass is 10.1. The number of sulfonamides is 1. The van der Waals surface area contributed by atoms with Gasteiger partial charge >= 0.3 is 5.97 Å². The van der Waals surface area contributed by atoms with Gasteiger partial charge in [-0.3, -0.25) is 4.31 Å². The molecule has 0 aliphatic heterocycles. The normalized spacial score (nSPS) is 13.0. The van der Waals surface area contributed by atoms with E-state index in [1.807, 2.05) is 0 Å². The first-order valence-corrected chi connectivity index (χ1v) is 7.60. The molecule has 1 rings (SSSR count). The molecular weight excluding hydrogens is 273 g/mol. The monoisotopic (exact) mass is 289 g/mol. The van der Waals surface area contributed by atoms with Gasteiger partial charge in [-0.2, -0.15) is 0 Å². The quantitative estimate of drug-likeness (QED) is 0.867. The van der Waals surface area contributed by atoms with Crippen molar-refractivity contribution in [2.45, 2.75) is 25.8 Å². The zero-order valence-corrected chi connectivity index (χ0v) is 11.5. The van der Waals surface area contributed by atoms with E-state index in [-0.39, 0.29) is 12.1 Å². The van der Waals surface area contributed by atoms with Crippen molar-refractivity contribution in [2.24, 2.45) is 0 Å². The highest BCUT2D eigenvalue weighted by Gasteiger charge is 2.31. The van der Waals surface area contributed by atoms with Crippen LogP contribution in [0.3, 0.4) is 0 Å². The van der Waals surface area contributed by atoms with Gasteiger partial charge in [0.05, 0.1) is 11.9 Å². The minimum atomic E-state index is -3.77. The van der Waals surface area contributed by atoms with Gasteiger partial charge in [0, 0.05) is 0 Å². The molecule has 1 unspecified atom stereocenters. The van der Waals surface area contributed by atoms with Gasteiger partial charge in [-0.15, -0.1) is 0 Å². The van der Waals surface area contributed by atoms with Crippen LogP contribution < -0.4 is 4.31 Å². The smallest absolute Gasteiger partial charge is 0.327 e. The average Bonchev–Trinajstić information content (AvgIpc) is 2.29. The molecule has 0 bridgehead atoms. The predicted octanol–water partition coefficient (Wildman–Crippen LogP) is 1.85. The Kier molecular flexibility index (Phi) is 4.88. The van der Waals surface area contributed by atoms with Crippen molar-refractivity contribution in [1.82, 2.24) is 0 Å². The summed E-state index contributed by atoms with van der Waals surface area (Å²) in [6, 6.07) is 3.51. The fraction of sp³-hybridized carbons (Fsp3) is 0.417. The van der Waals surface area contributed by atoms with Gasteiger partial charge in [0.2, 0.25) is 10.0 Å². The molecule has 1 aromatic rings. The van der Waals surface area contributed by atoms with Crippen molar-refractivity contribution in [3.63, 3.8) is 0 Å². The van der Waals surface area contributed by atoms with Crippen LogP contribution in [0.2, 0.25) is 0 Å². The van der Waals surface area contributed by atoms with E-state index < -0.39 is 27.9 Å². The number of carboxylic acid groups (broad SMARTS) is 1. The van der Waals surface area contributed by atoms with E-state index >= 15 is 0 Å².